The van der Waals surface area contributed by atoms with Gasteiger partial charge in [-0.25, -0.2) is 0 Å². The van der Waals surface area contributed by atoms with E-state index < -0.39 is 0 Å². The van der Waals surface area contributed by atoms with Gasteiger partial charge in [0.05, 0.1) is 32.3 Å². The van der Waals surface area contributed by atoms with Crippen LogP contribution in [0, 0.1) is 0 Å². The van der Waals surface area contributed by atoms with Crippen LogP contribution in [0.4, 0.5) is 11.4 Å². The highest BCUT2D eigenvalue weighted by Gasteiger charge is 2.37. The molecule has 0 saturated carbocycles. The van der Waals surface area contributed by atoms with E-state index in [9.17, 15) is 0 Å². The molecule has 0 N–H and O–H groups in total. The van der Waals surface area contributed by atoms with Crippen molar-refractivity contribution in [3.8, 4) is 0 Å². The van der Waals surface area contributed by atoms with Crippen LogP contribution in [0.5, 0.6) is 0 Å². The van der Waals surface area contributed by atoms with Crippen molar-refractivity contribution in [2.24, 2.45) is 0 Å². The summed E-state index contributed by atoms with van der Waals surface area (Å²) < 4.78 is 0. The Kier molecular flexibility index (Phi) is 4.05. The molecule has 1 heterocycles. The number of rotatable bonds is 2. The molecule has 0 radical (unpaired) electrons. The molecule has 0 amide bonds. The van der Waals surface area contributed by atoms with Crippen LogP contribution in [0.3, 0.4) is 0 Å². The summed E-state index contributed by atoms with van der Waals surface area (Å²) in [4.78, 5) is 2.80. The van der Waals surface area contributed by atoms with Crippen LogP contribution >= 0.6 is 35.4 Å². The lowest BCUT2D eigenvalue weighted by molar-refractivity contribution is 1.13. The van der Waals surface area contributed by atoms with Crippen molar-refractivity contribution in [1.29, 1.82) is 0 Å². The van der Waals surface area contributed by atoms with E-state index >= 15 is 0 Å². The van der Waals surface area contributed by atoms with E-state index in [2.05, 4.69) is 24.3 Å². The van der Waals surface area contributed by atoms with Gasteiger partial charge in [0.25, 0.3) is 0 Å². The molecule has 24 heavy (non-hydrogen) atoms. The molecular formula is C20H13Cl2NS. The normalized spacial score (nSPS) is 16.3. The number of thiocarbonyl (C=S) groups is 1. The Morgan fingerprint density at radius 3 is 2.08 bits per heavy atom. The maximum atomic E-state index is 6.45. The summed E-state index contributed by atoms with van der Waals surface area (Å²) in [6, 6.07) is 24.0. The van der Waals surface area contributed by atoms with Gasteiger partial charge < -0.3 is 4.90 Å². The minimum Gasteiger partial charge on any atom is -0.301 e. The number of nitrogens with zero attached hydrogens (tertiary/aromatic N) is 1. The lowest BCUT2D eigenvalue weighted by Gasteiger charge is -2.23. The monoisotopic (exact) mass is 369 g/mol. The Morgan fingerprint density at radius 2 is 1.38 bits per heavy atom. The van der Waals surface area contributed by atoms with E-state index in [1.54, 1.807) is 0 Å². The Morgan fingerprint density at radius 1 is 0.750 bits per heavy atom. The average molecular weight is 370 g/mol. The molecule has 1 aliphatic rings. The number of hydrogen-bond donors (Lipinski definition) is 0. The molecule has 0 aromatic heterocycles. The van der Waals surface area contributed by atoms with E-state index in [1.807, 2.05) is 53.4 Å². The molecular weight excluding hydrogens is 357 g/mol. The predicted octanol–water partition coefficient (Wildman–Crippen LogP) is 6.60. The Bertz CT molecular complexity index is 904. The van der Waals surface area contributed by atoms with Gasteiger partial charge in [0, 0.05) is 0 Å². The highest BCUT2D eigenvalue weighted by atomic mass is 35.5. The SMILES string of the molecule is S=C1C(c2ccccc2)c2ccccc2N1c1c(Cl)cccc1Cl. The Hall–Kier alpha value is -1.87. The smallest absolute Gasteiger partial charge is 0.0992 e. The Labute approximate surface area is 156 Å². The second-order valence-corrected chi connectivity index (χ2v) is 6.88. The quantitative estimate of drug-likeness (QED) is 0.467. The first-order valence-corrected chi connectivity index (χ1v) is 8.77. The molecule has 4 heteroatoms. The third-order valence-corrected chi connectivity index (χ3v) is 5.28. The third-order valence-electron chi connectivity index (χ3n) is 4.25. The van der Waals surface area contributed by atoms with Gasteiger partial charge in [-0.1, -0.05) is 90.0 Å². The lowest BCUT2D eigenvalue weighted by Crippen LogP contribution is -2.23. The van der Waals surface area contributed by atoms with Crippen molar-refractivity contribution in [2.45, 2.75) is 5.92 Å². The van der Waals surface area contributed by atoms with Crippen LogP contribution in [-0.4, -0.2) is 4.99 Å². The second kappa shape index (κ2) is 6.21. The molecule has 0 bridgehead atoms. The summed E-state index contributed by atoms with van der Waals surface area (Å²) >= 11 is 18.8. The molecule has 118 valence electrons. The molecule has 0 saturated heterocycles. The molecule has 3 aromatic rings. The van der Waals surface area contributed by atoms with Gasteiger partial charge in [0.2, 0.25) is 0 Å². The maximum Gasteiger partial charge on any atom is 0.0992 e. The molecule has 0 aliphatic carbocycles. The van der Waals surface area contributed by atoms with Gasteiger partial charge in [-0.2, -0.15) is 0 Å². The zero-order valence-corrected chi connectivity index (χ0v) is 14.9. The van der Waals surface area contributed by atoms with E-state index in [-0.39, 0.29) is 5.92 Å². The van der Waals surface area contributed by atoms with E-state index in [0.29, 0.717) is 10.0 Å². The summed E-state index contributed by atoms with van der Waals surface area (Å²) in [5, 5.41) is 1.18. The fraction of sp³-hybridized carbons (Fsp3) is 0.0500. The number of anilines is 2. The topological polar surface area (TPSA) is 3.24 Å². The van der Waals surface area contributed by atoms with Crippen LogP contribution in [0.2, 0.25) is 10.0 Å². The molecule has 4 rings (SSSR count). The molecule has 0 spiro atoms. The standard InChI is InChI=1S/C20H13Cl2NS/c21-15-10-6-11-16(22)19(15)23-17-12-5-4-9-14(17)18(20(23)24)13-7-2-1-3-8-13/h1-12,18H. The summed E-state index contributed by atoms with van der Waals surface area (Å²) in [6.45, 7) is 0. The fourth-order valence-electron chi connectivity index (χ4n) is 3.22. The van der Waals surface area contributed by atoms with E-state index in [4.69, 9.17) is 35.4 Å². The molecule has 0 fully saturated rings. The first-order chi connectivity index (χ1) is 11.7. The molecule has 1 aliphatic heterocycles. The highest BCUT2D eigenvalue weighted by molar-refractivity contribution is 7.80. The third kappa shape index (κ3) is 2.42. The minimum absolute atomic E-state index is 0.0183. The number of para-hydroxylation sites is 2. The van der Waals surface area contributed by atoms with Crippen molar-refractivity contribution >= 4 is 51.8 Å². The predicted molar refractivity (Wildman–Crippen MR) is 106 cm³/mol. The van der Waals surface area contributed by atoms with Crippen molar-refractivity contribution in [3.63, 3.8) is 0 Å². The zero-order chi connectivity index (χ0) is 16.7. The largest absolute Gasteiger partial charge is 0.301 e. The zero-order valence-electron chi connectivity index (χ0n) is 12.6. The average Bonchev–Trinajstić information content (AvgIpc) is 2.88. The minimum atomic E-state index is 0.0183. The van der Waals surface area contributed by atoms with Crippen LogP contribution in [0.1, 0.15) is 17.0 Å². The first-order valence-electron chi connectivity index (χ1n) is 7.60. The second-order valence-electron chi connectivity index (χ2n) is 5.65. The van der Waals surface area contributed by atoms with E-state index in [1.165, 1.54) is 11.1 Å². The fourth-order valence-corrected chi connectivity index (χ4v) is 4.24. The van der Waals surface area contributed by atoms with Crippen LogP contribution in [0.15, 0.2) is 72.8 Å². The number of halogens is 2. The summed E-state index contributed by atoms with van der Waals surface area (Å²) in [6.07, 6.45) is 0. The van der Waals surface area contributed by atoms with Crippen LogP contribution in [-0.2, 0) is 0 Å². The molecule has 1 atom stereocenters. The Balaban J connectivity index is 1.93. The van der Waals surface area contributed by atoms with Gasteiger partial charge in [0.15, 0.2) is 0 Å². The van der Waals surface area contributed by atoms with Gasteiger partial charge in [0.1, 0.15) is 0 Å². The summed E-state index contributed by atoms with van der Waals surface area (Å²) in [5.74, 6) is 0.0183. The molecule has 1 unspecified atom stereocenters. The van der Waals surface area contributed by atoms with Gasteiger partial charge >= 0.3 is 0 Å². The van der Waals surface area contributed by atoms with E-state index in [0.717, 1.165) is 16.4 Å². The summed E-state index contributed by atoms with van der Waals surface area (Å²) in [5.41, 5.74) is 4.12. The molecule has 3 aromatic carbocycles. The van der Waals surface area contributed by atoms with Crippen molar-refractivity contribution in [3.05, 3.63) is 94.0 Å². The van der Waals surface area contributed by atoms with Gasteiger partial charge in [-0.3, -0.25) is 0 Å². The summed E-state index contributed by atoms with van der Waals surface area (Å²) in [7, 11) is 0. The van der Waals surface area contributed by atoms with Crippen molar-refractivity contribution in [2.75, 3.05) is 4.90 Å². The van der Waals surface area contributed by atoms with Gasteiger partial charge in [-0.15, -0.1) is 0 Å². The highest BCUT2D eigenvalue weighted by Crippen LogP contribution is 2.49. The number of hydrogen-bond acceptors (Lipinski definition) is 1. The lowest BCUT2D eigenvalue weighted by atomic mass is 9.93. The maximum absolute atomic E-state index is 6.45. The van der Waals surface area contributed by atoms with Crippen LogP contribution in [0.25, 0.3) is 0 Å². The number of fused-ring (bicyclic) bond motifs is 1. The van der Waals surface area contributed by atoms with Gasteiger partial charge in [-0.05, 0) is 29.3 Å². The first kappa shape index (κ1) is 15.6. The molecule has 1 nitrogen and oxygen atoms in total. The van der Waals surface area contributed by atoms with Crippen molar-refractivity contribution in [1.82, 2.24) is 0 Å². The number of benzene rings is 3. The van der Waals surface area contributed by atoms with Crippen LogP contribution < -0.4 is 4.90 Å². The van der Waals surface area contributed by atoms with Crippen molar-refractivity contribution < 1.29 is 0 Å².